The highest BCUT2D eigenvalue weighted by Crippen LogP contribution is 2.19. The molecule has 2 unspecified atom stereocenters. The van der Waals surface area contributed by atoms with E-state index in [4.69, 9.17) is 0 Å². The van der Waals surface area contributed by atoms with Gasteiger partial charge in [0, 0.05) is 20.6 Å². The molecule has 0 bridgehead atoms. The van der Waals surface area contributed by atoms with E-state index in [2.05, 4.69) is 22.2 Å². The van der Waals surface area contributed by atoms with Gasteiger partial charge in [0.25, 0.3) is 5.91 Å². The summed E-state index contributed by atoms with van der Waals surface area (Å²) in [5.74, 6) is 0.280. The molecule has 0 aliphatic carbocycles. The zero-order chi connectivity index (χ0) is 12.6. The van der Waals surface area contributed by atoms with Crippen LogP contribution in [0.5, 0.6) is 0 Å². The number of imide groups is 1. The highest BCUT2D eigenvalue weighted by atomic mass is 16.2. The van der Waals surface area contributed by atoms with Crippen molar-refractivity contribution >= 4 is 17.9 Å². The van der Waals surface area contributed by atoms with Gasteiger partial charge >= 0.3 is 6.03 Å². The predicted molar refractivity (Wildman–Crippen MR) is 62.3 cm³/mol. The van der Waals surface area contributed by atoms with Crippen LogP contribution in [-0.2, 0) is 4.79 Å². The molecule has 2 N–H and O–H groups in total. The fourth-order valence-corrected chi connectivity index (χ4v) is 2.12. The molecule has 2 heterocycles. The fraction of sp³-hybridized carbons (Fsp3) is 0.500. The highest BCUT2D eigenvalue weighted by Gasteiger charge is 2.49. The zero-order valence-electron chi connectivity index (χ0n) is 9.80. The van der Waals surface area contributed by atoms with Gasteiger partial charge in [0.1, 0.15) is 6.17 Å². The second-order valence-electron chi connectivity index (χ2n) is 3.93. The van der Waals surface area contributed by atoms with Crippen LogP contribution in [-0.4, -0.2) is 60.5 Å². The van der Waals surface area contributed by atoms with Crippen LogP contribution >= 0.6 is 0 Å². The summed E-state index contributed by atoms with van der Waals surface area (Å²) in [6.45, 7) is 4.15. The number of rotatable bonds is 2. The van der Waals surface area contributed by atoms with Gasteiger partial charge in [-0.3, -0.25) is 15.1 Å². The van der Waals surface area contributed by atoms with Crippen molar-refractivity contribution in [3.05, 3.63) is 12.7 Å². The first kappa shape index (κ1) is 11.4. The molecule has 2 saturated heterocycles. The monoisotopic (exact) mass is 237 g/mol. The fourth-order valence-electron chi connectivity index (χ4n) is 2.12. The van der Waals surface area contributed by atoms with Gasteiger partial charge < -0.3 is 15.1 Å². The molecule has 2 fully saturated rings. The second-order valence-corrected chi connectivity index (χ2v) is 3.93. The Labute approximate surface area is 99.2 Å². The van der Waals surface area contributed by atoms with Crippen molar-refractivity contribution in [2.24, 2.45) is 4.99 Å². The van der Waals surface area contributed by atoms with Crippen molar-refractivity contribution < 1.29 is 9.59 Å². The lowest BCUT2D eigenvalue weighted by Crippen LogP contribution is -2.64. The molecule has 7 heteroatoms. The first-order valence-electron chi connectivity index (χ1n) is 5.28. The Morgan fingerprint density at radius 1 is 1.53 bits per heavy atom. The van der Waals surface area contributed by atoms with Gasteiger partial charge in [0.05, 0.1) is 0 Å². The number of carbonyl (C=O) groups excluding carboxylic acids is 2. The van der Waals surface area contributed by atoms with Crippen LogP contribution in [0.15, 0.2) is 17.6 Å². The molecule has 0 aromatic heterocycles. The minimum absolute atomic E-state index is 0.314. The Kier molecular flexibility index (Phi) is 2.74. The first-order valence-corrected chi connectivity index (χ1v) is 5.28. The van der Waals surface area contributed by atoms with Gasteiger partial charge in [-0.1, -0.05) is 6.08 Å². The number of likely N-dealkylation sites (N-methyl/N-ethyl adjacent to an activating group) is 1. The van der Waals surface area contributed by atoms with Crippen molar-refractivity contribution in [1.82, 2.24) is 20.4 Å². The minimum atomic E-state index is -0.464. The summed E-state index contributed by atoms with van der Waals surface area (Å²) in [6, 6.07) is -0.867. The second kappa shape index (κ2) is 4.08. The molecule has 2 atom stereocenters. The van der Waals surface area contributed by atoms with E-state index in [1.54, 1.807) is 25.1 Å². The van der Waals surface area contributed by atoms with Gasteiger partial charge in [-0.15, -0.1) is 6.58 Å². The molecule has 3 amide bonds. The van der Waals surface area contributed by atoms with Crippen molar-refractivity contribution in [1.29, 1.82) is 0 Å². The van der Waals surface area contributed by atoms with Crippen LogP contribution in [0.2, 0.25) is 0 Å². The lowest BCUT2D eigenvalue weighted by Gasteiger charge is -2.34. The third-order valence-corrected chi connectivity index (χ3v) is 2.96. The van der Waals surface area contributed by atoms with Crippen LogP contribution < -0.4 is 10.6 Å². The van der Waals surface area contributed by atoms with Crippen molar-refractivity contribution in [2.45, 2.75) is 12.2 Å². The van der Waals surface area contributed by atoms with E-state index in [-0.39, 0.29) is 12.1 Å². The normalized spacial score (nSPS) is 30.1. The average Bonchev–Trinajstić information content (AvgIpc) is 2.66. The molecule has 92 valence electrons. The number of fused-ring (bicyclic) bond motifs is 1. The maximum absolute atomic E-state index is 11.8. The minimum Gasteiger partial charge on any atom is -0.334 e. The number of guanidine groups is 1. The van der Waals surface area contributed by atoms with Crippen LogP contribution in [0, 0.1) is 0 Å². The number of urea groups is 1. The van der Waals surface area contributed by atoms with Crippen LogP contribution in [0.4, 0.5) is 4.79 Å². The van der Waals surface area contributed by atoms with Crippen molar-refractivity contribution in [3.8, 4) is 0 Å². The Hall–Kier alpha value is -2.05. The SMILES string of the molecule is C=CCN1C(=NC)NC2C1C(=O)NC(=O)N2C. The number of carbonyl (C=O) groups is 2. The van der Waals surface area contributed by atoms with E-state index >= 15 is 0 Å². The number of nitrogens with zero attached hydrogens (tertiary/aromatic N) is 3. The number of amides is 3. The number of hydrogen-bond acceptors (Lipinski definition) is 3. The van der Waals surface area contributed by atoms with E-state index in [9.17, 15) is 9.59 Å². The molecule has 17 heavy (non-hydrogen) atoms. The van der Waals surface area contributed by atoms with Crippen LogP contribution in [0.3, 0.4) is 0 Å². The van der Waals surface area contributed by atoms with Gasteiger partial charge in [-0.2, -0.15) is 0 Å². The van der Waals surface area contributed by atoms with Gasteiger partial charge in [0.15, 0.2) is 12.0 Å². The molecule has 7 nitrogen and oxygen atoms in total. The molecule has 0 radical (unpaired) electrons. The van der Waals surface area contributed by atoms with E-state index in [0.29, 0.717) is 12.5 Å². The summed E-state index contributed by atoms with van der Waals surface area (Å²) in [4.78, 5) is 30.6. The van der Waals surface area contributed by atoms with Crippen LogP contribution in [0.25, 0.3) is 0 Å². The first-order chi connectivity index (χ1) is 8.10. The Balaban J connectivity index is 2.34. The number of aliphatic imine (C=N–C) groups is 1. The lowest BCUT2D eigenvalue weighted by atomic mass is 10.1. The highest BCUT2D eigenvalue weighted by molar-refractivity contribution is 6.04. The molecule has 0 spiro atoms. The van der Waals surface area contributed by atoms with Gasteiger partial charge in [0.2, 0.25) is 0 Å². The summed E-state index contributed by atoms with van der Waals surface area (Å²) >= 11 is 0. The average molecular weight is 237 g/mol. The third kappa shape index (κ3) is 1.63. The standard InChI is InChI=1S/C10H15N5O2/c1-4-5-15-6-7(12-9(15)11-2)14(3)10(17)13-8(6)16/h4,6-7H,1,5H2,2-3H3,(H,11,12)(H,13,16,17). The topological polar surface area (TPSA) is 77.0 Å². The van der Waals surface area contributed by atoms with Crippen LogP contribution in [0.1, 0.15) is 0 Å². The molecule has 0 aromatic carbocycles. The number of hydrogen-bond donors (Lipinski definition) is 2. The predicted octanol–water partition coefficient (Wildman–Crippen LogP) is -1.06. The summed E-state index contributed by atoms with van der Waals surface area (Å²) < 4.78 is 0. The Morgan fingerprint density at radius 2 is 2.24 bits per heavy atom. The zero-order valence-corrected chi connectivity index (χ0v) is 9.80. The lowest BCUT2D eigenvalue weighted by molar-refractivity contribution is -0.126. The quantitative estimate of drug-likeness (QED) is 0.600. The molecular weight excluding hydrogens is 222 g/mol. The molecule has 2 aliphatic rings. The maximum atomic E-state index is 11.8. The van der Waals surface area contributed by atoms with E-state index < -0.39 is 12.1 Å². The summed E-state index contributed by atoms with van der Waals surface area (Å²) in [5, 5.41) is 5.37. The summed E-state index contributed by atoms with van der Waals surface area (Å²) in [6.07, 6.45) is 1.31. The Morgan fingerprint density at radius 3 is 2.82 bits per heavy atom. The van der Waals surface area contributed by atoms with Gasteiger partial charge in [-0.25, -0.2) is 4.79 Å². The van der Waals surface area contributed by atoms with E-state index in [1.165, 1.54) is 4.90 Å². The summed E-state index contributed by atoms with van der Waals surface area (Å²) in [5.41, 5.74) is 0. The van der Waals surface area contributed by atoms with Gasteiger partial charge in [-0.05, 0) is 0 Å². The van der Waals surface area contributed by atoms with Crippen molar-refractivity contribution in [3.63, 3.8) is 0 Å². The third-order valence-electron chi connectivity index (χ3n) is 2.96. The maximum Gasteiger partial charge on any atom is 0.325 e. The summed E-state index contributed by atoms with van der Waals surface area (Å²) in [7, 11) is 3.27. The molecule has 2 aliphatic heterocycles. The molecule has 0 aromatic rings. The molecular formula is C10H15N5O2. The smallest absolute Gasteiger partial charge is 0.325 e. The number of nitrogens with one attached hydrogen (secondary N) is 2. The molecule has 2 rings (SSSR count). The largest absolute Gasteiger partial charge is 0.334 e. The van der Waals surface area contributed by atoms with Crippen molar-refractivity contribution in [2.75, 3.05) is 20.6 Å². The van der Waals surface area contributed by atoms with E-state index in [0.717, 1.165) is 0 Å². The Bertz CT molecular complexity index is 406. The van der Waals surface area contributed by atoms with E-state index in [1.807, 2.05) is 0 Å². The molecule has 0 saturated carbocycles.